The number of Topliss-reactive ketones (excluding diaryl/α,β-unsaturated/α-hetero) is 1. The molecule has 0 aliphatic rings. The van der Waals surface area contributed by atoms with Crippen LogP contribution in [0.25, 0.3) is 11.1 Å². The topological polar surface area (TPSA) is 46.5 Å². The van der Waals surface area contributed by atoms with Gasteiger partial charge in [-0.1, -0.05) is 11.6 Å². The lowest BCUT2D eigenvalue weighted by atomic mass is 9.96. The molecule has 3 nitrogen and oxygen atoms in total. The van der Waals surface area contributed by atoms with Crippen molar-refractivity contribution in [3.05, 3.63) is 47.0 Å². The van der Waals surface area contributed by atoms with Gasteiger partial charge in [-0.15, -0.1) is 0 Å². The Hall–Kier alpha value is -2.00. The van der Waals surface area contributed by atoms with Gasteiger partial charge in [-0.2, -0.15) is 0 Å². The fourth-order valence-corrected chi connectivity index (χ4v) is 2.12. The summed E-state index contributed by atoms with van der Waals surface area (Å²) in [4.78, 5) is 11.7. The summed E-state index contributed by atoms with van der Waals surface area (Å²) in [6, 6.07) is 9.75. The number of benzene rings is 2. The van der Waals surface area contributed by atoms with E-state index in [2.05, 4.69) is 0 Å². The van der Waals surface area contributed by atoms with Crippen LogP contribution in [-0.2, 0) is 0 Å². The van der Waals surface area contributed by atoms with Gasteiger partial charge in [-0.3, -0.25) is 4.79 Å². The number of ketones is 1. The third kappa shape index (κ3) is 2.71. The van der Waals surface area contributed by atoms with Crippen molar-refractivity contribution in [3.63, 3.8) is 0 Å². The van der Waals surface area contributed by atoms with Crippen molar-refractivity contribution in [3.8, 4) is 22.6 Å². The van der Waals surface area contributed by atoms with Crippen LogP contribution in [0.3, 0.4) is 0 Å². The van der Waals surface area contributed by atoms with E-state index in [4.69, 9.17) is 16.3 Å². The number of phenolic OH excluding ortho intramolecular Hbond substituents is 1. The number of carbonyl (C=O) groups is 1. The van der Waals surface area contributed by atoms with Gasteiger partial charge in [0.15, 0.2) is 5.78 Å². The zero-order valence-electron chi connectivity index (χ0n) is 10.6. The van der Waals surface area contributed by atoms with E-state index in [-0.39, 0.29) is 11.5 Å². The van der Waals surface area contributed by atoms with Crippen LogP contribution < -0.4 is 4.74 Å². The molecule has 2 rings (SSSR count). The van der Waals surface area contributed by atoms with E-state index in [1.165, 1.54) is 20.1 Å². The number of ether oxygens (including phenoxy) is 1. The van der Waals surface area contributed by atoms with Gasteiger partial charge in [0.05, 0.1) is 7.11 Å². The summed E-state index contributed by atoms with van der Waals surface area (Å²) >= 11 is 5.99. The van der Waals surface area contributed by atoms with Gasteiger partial charge in [-0.25, -0.2) is 0 Å². The Morgan fingerprint density at radius 3 is 2.53 bits per heavy atom. The first-order valence-electron chi connectivity index (χ1n) is 5.71. The Kier molecular flexibility index (Phi) is 3.76. The highest BCUT2D eigenvalue weighted by atomic mass is 35.5. The maximum Gasteiger partial charge on any atom is 0.160 e. The monoisotopic (exact) mass is 276 g/mol. The summed E-state index contributed by atoms with van der Waals surface area (Å²) in [6.07, 6.45) is 0. The van der Waals surface area contributed by atoms with Gasteiger partial charge in [0.2, 0.25) is 0 Å². The van der Waals surface area contributed by atoms with Crippen LogP contribution in [0.15, 0.2) is 36.4 Å². The lowest BCUT2D eigenvalue weighted by Gasteiger charge is -2.12. The zero-order valence-corrected chi connectivity index (χ0v) is 11.4. The quantitative estimate of drug-likeness (QED) is 0.864. The molecule has 0 spiro atoms. The van der Waals surface area contributed by atoms with Gasteiger partial charge in [-0.05, 0) is 48.9 Å². The number of methoxy groups -OCH3 is 1. The fraction of sp³-hybridized carbons (Fsp3) is 0.133. The molecule has 0 aliphatic carbocycles. The first-order valence-corrected chi connectivity index (χ1v) is 6.08. The fourth-order valence-electron chi connectivity index (χ4n) is 1.95. The minimum atomic E-state index is -0.0722. The summed E-state index contributed by atoms with van der Waals surface area (Å²) in [5.41, 5.74) is 1.82. The maximum absolute atomic E-state index is 11.7. The molecule has 0 aliphatic heterocycles. The summed E-state index contributed by atoms with van der Waals surface area (Å²) in [7, 11) is 1.54. The molecule has 0 fully saturated rings. The van der Waals surface area contributed by atoms with Crippen LogP contribution in [0.5, 0.6) is 11.5 Å². The third-order valence-electron chi connectivity index (χ3n) is 2.83. The highest BCUT2D eigenvalue weighted by Crippen LogP contribution is 2.36. The number of halogens is 1. The number of hydrogen-bond donors (Lipinski definition) is 1. The minimum absolute atomic E-state index is 0.0722. The van der Waals surface area contributed by atoms with E-state index in [0.717, 1.165) is 0 Å². The molecular weight excluding hydrogens is 264 g/mol. The van der Waals surface area contributed by atoms with Crippen molar-refractivity contribution in [1.29, 1.82) is 0 Å². The van der Waals surface area contributed by atoms with Crippen molar-refractivity contribution >= 4 is 17.4 Å². The van der Waals surface area contributed by atoms with Gasteiger partial charge in [0.1, 0.15) is 11.5 Å². The van der Waals surface area contributed by atoms with Crippen LogP contribution in [-0.4, -0.2) is 18.0 Å². The lowest BCUT2D eigenvalue weighted by molar-refractivity contribution is 0.101. The zero-order chi connectivity index (χ0) is 14.0. The van der Waals surface area contributed by atoms with Crippen molar-refractivity contribution in [1.82, 2.24) is 0 Å². The average Bonchev–Trinajstić information content (AvgIpc) is 2.38. The average molecular weight is 277 g/mol. The Morgan fingerprint density at radius 1 is 1.16 bits per heavy atom. The van der Waals surface area contributed by atoms with Crippen molar-refractivity contribution < 1.29 is 14.6 Å². The standard InChI is InChI=1S/C15H13ClO3/c1-9(17)12-5-3-10(16)7-13(12)14-8-11(18)4-6-15(14)19-2/h3-8,18H,1-2H3. The number of phenols is 1. The molecule has 0 unspecified atom stereocenters. The molecular formula is C15H13ClO3. The number of aromatic hydroxyl groups is 1. The van der Waals surface area contributed by atoms with E-state index >= 15 is 0 Å². The summed E-state index contributed by atoms with van der Waals surface area (Å²) in [5.74, 6) is 0.602. The first kappa shape index (κ1) is 13.4. The Balaban J connectivity index is 2.73. The van der Waals surface area contributed by atoms with E-state index < -0.39 is 0 Å². The second-order valence-corrected chi connectivity index (χ2v) is 4.57. The molecule has 0 bridgehead atoms. The van der Waals surface area contributed by atoms with Crippen LogP contribution in [0.2, 0.25) is 5.02 Å². The molecule has 98 valence electrons. The molecule has 2 aromatic rings. The van der Waals surface area contributed by atoms with Gasteiger partial charge in [0, 0.05) is 16.1 Å². The Bertz CT molecular complexity index is 635. The second kappa shape index (κ2) is 5.33. The molecule has 0 amide bonds. The SMILES string of the molecule is COc1ccc(O)cc1-c1cc(Cl)ccc1C(C)=O. The van der Waals surface area contributed by atoms with Crippen molar-refractivity contribution in [2.75, 3.05) is 7.11 Å². The molecule has 1 N–H and O–H groups in total. The van der Waals surface area contributed by atoms with Gasteiger partial charge < -0.3 is 9.84 Å². The highest BCUT2D eigenvalue weighted by molar-refractivity contribution is 6.31. The Labute approximate surface area is 116 Å². The third-order valence-corrected chi connectivity index (χ3v) is 3.07. The van der Waals surface area contributed by atoms with E-state index in [1.54, 1.807) is 30.3 Å². The van der Waals surface area contributed by atoms with Crippen LogP contribution in [0.1, 0.15) is 17.3 Å². The molecule has 4 heteroatoms. The molecule has 0 saturated heterocycles. The number of rotatable bonds is 3. The Morgan fingerprint density at radius 2 is 1.89 bits per heavy atom. The second-order valence-electron chi connectivity index (χ2n) is 4.13. The largest absolute Gasteiger partial charge is 0.508 e. The molecule has 0 heterocycles. The van der Waals surface area contributed by atoms with Gasteiger partial charge >= 0.3 is 0 Å². The number of carbonyl (C=O) groups excluding carboxylic acids is 1. The van der Waals surface area contributed by atoms with Gasteiger partial charge in [0.25, 0.3) is 0 Å². The van der Waals surface area contributed by atoms with E-state index in [9.17, 15) is 9.90 Å². The lowest BCUT2D eigenvalue weighted by Crippen LogP contribution is -1.97. The van der Waals surface area contributed by atoms with Crippen molar-refractivity contribution in [2.24, 2.45) is 0 Å². The molecule has 0 radical (unpaired) electrons. The first-order chi connectivity index (χ1) is 9.02. The normalized spacial score (nSPS) is 10.3. The van der Waals surface area contributed by atoms with Crippen molar-refractivity contribution in [2.45, 2.75) is 6.92 Å². The minimum Gasteiger partial charge on any atom is -0.508 e. The summed E-state index contributed by atoms with van der Waals surface area (Å²) in [5, 5.41) is 10.1. The predicted molar refractivity (Wildman–Crippen MR) is 75.1 cm³/mol. The summed E-state index contributed by atoms with van der Waals surface area (Å²) in [6.45, 7) is 1.49. The van der Waals surface area contributed by atoms with E-state index in [1.807, 2.05) is 0 Å². The van der Waals surface area contributed by atoms with E-state index in [0.29, 0.717) is 27.5 Å². The molecule has 0 aromatic heterocycles. The smallest absolute Gasteiger partial charge is 0.160 e. The highest BCUT2D eigenvalue weighted by Gasteiger charge is 2.14. The molecule has 0 atom stereocenters. The van der Waals surface area contributed by atoms with Crippen LogP contribution in [0, 0.1) is 0 Å². The maximum atomic E-state index is 11.7. The van der Waals surface area contributed by atoms with Crippen LogP contribution in [0.4, 0.5) is 0 Å². The summed E-state index contributed by atoms with van der Waals surface area (Å²) < 4.78 is 5.26. The molecule has 2 aromatic carbocycles. The predicted octanol–water partition coefficient (Wildman–Crippen LogP) is 3.92. The number of hydrogen-bond acceptors (Lipinski definition) is 3. The molecule has 19 heavy (non-hydrogen) atoms. The molecule has 0 saturated carbocycles. The van der Waals surface area contributed by atoms with Crippen LogP contribution >= 0.6 is 11.6 Å².